The van der Waals surface area contributed by atoms with Gasteiger partial charge in [0.15, 0.2) is 5.82 Å². The standard InChI is InChI=1S/C13H9FN2O2S/c14-9-3-1-2-8(6-9)7-11-15-13(18-16-11)12-10(17)4-5-19-12/h1-6,17H,7H2. The molecule has 1 aromatic carbocycles. The Balaban J connectivity index is 1.84. The number of aromatic nitrogens is 2. The van der Waals surface area contributed by atoms with Crippen LogP contribution in [0, 0.1) is 5.82 Å². The van der Waals surface area contributed by atoms with Gasteiger partial charge in [-0.15, -0.1) is 11.3 Å². The predicted octanol–water partition coefficient (Wildman–Crippen LogP) is 3.23. The zero-order valence-electron chi connectivity index (χ0n) is 9.71. The highest BCUT2D eigenvalue weighted by molar-refractivity contribution is 7.13. The second-order valence-electron chi connectivity index (χ2n) is 3.96. The van der Waals surface area contributed by atoms with Crippen molar-refractivity contribution in [3.8, 4) is 16.5 Å². The van der Waals surface area contributed by atoms with Gasteiger partial charge in [0, 0.05) is 6.42 Å². The lowest BCUT2D eigenvalue weighted by atomic mass is 10.1. The molecule has 2 heterocycles. The van der Waals surface area contributed by atoms with Crippen molar-refractivity contribution < 1.29 is 14.0 Å². The minimum absolute atomic E-state index is 0.117. The van der Waals surface area contributed by atoms with Crippen LogP contribution in [0.3, 0.4) is 0 Å². The van der Waals surface area contributed by atoms with Gasteiger partial charge < -0.3 is 9.63 Å². The molecular weight excluding hydrogens is 267 g/mol. The summed E-state index contributed by atoms with van der Waals surface area (Å²) in [6.45, 7) is 0. The molecule has 0 spiro atoms. The minimum atomic E-state index is -0.294. The SMILES string of the molecule is Oc1ccsc1-c1nc(Cc2cccc(F)c2)no1. The number of rotatable bonds is 3. The fraction of sp³-hybridized carbons (Fsp3) is 0.0769. The summed E-state index contributed by atoms with van der Waals surface area (Å²) < 4.78 is 18.1. The first kappa shape index (κ1) is 11.9. The van der Waals surface area contributed by atoms with Gasteiger partial charge in [-0.1, -0.05) is 17.3 Å². The molecule has 0 saturated carbocycles. The van der Waals surface area contributed by atoms with Gasteiger partial charge in [0.1, 0.15) is 16.4 Å². The quantitative estimate of drug-likeness (QED) is 0.797. The molecule has 0 fully saturated rings. The highest BCUT2D eigenvalue weighted by atomic mass is 32.1. The Kier molecular flexibility index (Phi) is 3.00. The minimum Gasteiger partial charge on any atom is -0.506 e. The average molecular weight is 276 g/mol. The van der Waals surface area contributed by atoms with Crippen molar-refractivity contribution in [2.24, 2.45) is 0 Å². The summed E-state index contributed by atoms with van der Waals surface area (Å²) in [5.74, 6) is 0.551. The molecule has 0 amide bonds. The molecular formula is C13H9FN2O2S. The number of halogens is 1. The maximum Gasteiger partial charge on any atom is 0.271 e. The van der Waals surface area contributed by atoms with Crippen LogP contribution in [0.2, 0.25) is 0 Å². The van der Waals surface area contributed by atoms with E-state index in [2.05, 4.69) is 10.1 Å². The number of nitrogens with zero attached hydrogens (tertiary/aromatic N) is 2. The predicted molar refractivity (Wildman–Crippen MR) is 68.5 cm³/mol. The van der Waals surface area contributed by atoms with Crippen LogP contribution >= 0.6 is 11.3 Å². The molecule has 0 unspecified atom stereocenters. The van der Waals surface area contributed by atoms with Crippen LogP contribution in [-0.4, -0.2) is 15.2 Å². The van der Waals surface area contributed by atoms with Crippen LogP contribution in [0.15, 0.2) is 40.2 Å². The van der Waals surface area contributed by atoms with E-state index in [0.29, 0.717) is 17.1 Å². The fourth-order valence-electron chi connectivity index (χ4n) is 1.71. The second kappa shape index (κ2) is 4.81. The number of aromatic hydroxyl groups is 1. The Morgan fingerprint density at radius 3 is 2.95 bits per heavy atom. The Morgan fingerprint density at radius 1 is 1.32 bits per heavy atom. The second-order valence-corrected chi connectivity index (χ2v) is 4.87. The Hall–Kier alpha value is -2.21. The molecule has 96 valence electrons. The molecule has 0 aliphatic heterocycles. The maximum absolute atomic E-state index is 13.1. The molecule has 0 atom stereocenters. The van der Waals surface area contributed by atoms with Crippen LogP contribution in [0.4, 0.5) is 4.39 Å². The lowest BCUT2D eigenvalue weighted by Crippen LogP contribution is -1.91. The highest BCUT2D eigenvalue weighted by Crippen LogP contribution is 2.33. The zero-order chi connectivity index (χ0) is 13.2. The van der Waals surface area contributed by atoms with Gasteiger partial charge in [-0.05, 0) is 29.1 Å². The lowest BCUT2D eigenvalue weighted by molar-refractivity contribution is 0.420. The first-order valence-corrected chi connectivity index (χ1v) is 6.44. The molecule has 3 rings (SSSR count). The molecule has 6 heteroatoms. The zero-order valence-corrected chi connectivity index (χ0v) is 10.5. The lowest BCUT2D eigenvalue weighted by Gasteiger charge is -1.95. The van der Waals surface area contributed by atoms with Crippen molar-refractivity contribution >= 4 is 11.3 Å². The monoisotopic (exact) mass is 276 g/mol. The van der Waals surface area contributed by atoms with Crippen molar-refractivity contribution in [2.75, 3.05) is 0 Å². The molecule has 1 N–H and O–H groups in total. The van der Waals surface area contributed by atoms with E-state index in [1.165, 1.54) is 23.5 Å². The molecule has 0 radical (unpaired) electrons. The normalized spacial score (nSPS) is 10.8. The van der Waals surface area contributed by atoms with Crippen molar-refractivity contribution in [3.63, 3.8) is 0 Å². The molecule has 0 saturated heterocycles. The Bertz CT molecular complexity index is 708. The number of hydrogen-bond donors (Lipinski definition) is 1. The van der Waals surface area contributed by atoms with Crippen LogP contribution in [0.1, 0.15) is 11.4 Å². The van der Waals surface area contributed by atoms with E-state index in [1.54, 1.807) is 23.6 Å². The summed E-state index contributed by atoms with van der Waals surface area (Å²) >= 11 is 1.32. The molecule has 0 aliphatic rings. The molecule has 3 aromatic rings. The molecule has 4 nitrogen and oxygen atoms in total. The molecule has 2 aromatic heterocycles. The van der Waals surface area contributed by atoms with Crippen molar-refractivity contribution in [3.05, 3.63) is 52.9 Å². The van der Waals surface area contributed by atoms with Crippen LogP contribution in [-0.2, 0) is 6.42 Å². The first-order valence-electron chi connectivity index (χ1n) is 5.56. The highest BCUT2D eigenvalue weighted by Gasteiger charge is 2.14. The van der Waals surface area contributed by atoms with E-state index in [1.807, 2.05) is 0 Å². The summed E-state index contributed by atoms with van der Waals surface area (Å²) in [6.07, 6.45) is 0.382. The van der Waals surface area contributed by atoms with E-state index in [4.69, 9.17) is 4.52 Å². The third-order valence-electron chi connectivity index (χ3n) is 2.56. The van der Waals surface area contributed by atoms with Gasteiger partial charge in [0.05, 0.1) is 0 Å². The van der Waals surface area contributed by atoms with E-state index in [0.717, 1.165) is 5.56 Å². The smallest absolute Gasteiger partial charge is 0.271 e. The van der Waals surface area contributed by atoms with E-state index in [9.17, 15) is 9.50 Å². The summed E-state index contributed by atoms with van der Waals surface area (Å²) in [4.78, 5) is 4.73. The van der Waals surface area contributed by atoms with Crippen molar-refractivity contribution in [1.82, 2.24) is 10.1 Å². The number of benzene rings is 1. The Morgan fingerprint density at radius 2 is 2.21 bits per heavy atom. The summed E-state index contributed by atoms with van der Waals surface area (Å²) in [6, 6.07) is 7.81. The maximum atomic E-state index is 13.1. The number of hydrogen-bond acceptors (Lipinski definition) is 5. The van der Waals surface area contributed by atoms with Crippen molar-refractivity contribution in [1.29, 1.82) is 0 Å². The third-order valence-corrected chi connectivity index (χ3v) is 3.45. The average Bonchev–Trinajstić information content (AvgIpc) is 2.98. The van der Waals surface area contributed by atoms with Gasteiger partial charge >= 0.3 is 0 Å². The van der Waals surface area contributed by atoms with Gasteiger partial charge in [-0.2, -0.15) is 4.98 Å². The number of thiophene rings is 1. The van der Waals surface area contributed by atoms with Gasteiger partial charge in [0.25, 0.3) is 5.89 Å². The third kappa shape index (κ3) is 2.48. The van der Waals surface area contributed by atoms with Gasteiger partial charge in [0.2, 0.25) is 0 Å². The van der Waals surface area contributed by atoms with Gasteiger partial charge in [-0.3, -0.25) is 0 Å². The molecule has 19 heavy (non-hydrogen) atoms. The van der Waals surface area contributed by atoms with Crippen LogP contribution in [0.5, 0.6) is 5.75 Å². The van der Waals surface area contributed by atoms with Crippen LogP contribution in [0.25, 0.3) is 10.8 Å². The van der Waals surface area contributed by atoms with E-state index < -0.39 is 0 Å². The summed E-state index contributed by atoms with van der Waals surface area (Å²) in [7, 11) is 0. The molecule has 0 aliphatic carbocycles. The van der Waals surface area contributed by atoms with E-state index >= 15 is 0 Å². The van der Waals surface area contributed by atoms with Crippen molar-refractivity contribution in [2.45, 2.75) is 6.42 Å². The Labute approximate surface area is 112 Å². The van der Waals surface area contributed by atoms with E-state index in [-0.39, 0.29) is 17.5 Å². The first-order chi connectivity index (χ1) is 9.22. The largest absolute Gasteiger partial charge is 0.506 e. The topological polar surface area (TPSA) is 59.2 Å². The molecule has 0 bridgehead atoms. The fourth-order valence-corrected chi connectivity index (χ4v) is 2.42. The summed E-state index contributed by atoms with van der Waals surface area (Å²) in [5, 5.41) is 15.1. The summed E-state index contributed by atoms with van der Waals surface area (Å²) in [5.41, 5.74) is 0.766. The van der Waals surface area contributed by atoms with Crippen LogP contribution < -0.4 is 0 Å². The van der Waals surface area contributed by atoms with Gasteiger partial charge in [-0.25, -0.2) is 4.39 Å².